The van der Waals surface area contributed by atoms with Crippen LogP contribution in [0.25, 0.3) is 10.8 Å². The maximum Gasteiger partial charge on any atom is 0.438 e. The van der Waals surface area contributed by atoms with Crippen molar-refractivity contribution in [3.63, 3.8) is 0 Å². The Kier molecular flexibility index (Phi) is 4.77. The second kappa shape index (κ2) is 6.78. The Morgan fingerprint density at radius 3 is 2.91 bits per heavy atom. The molecular formula is C14H14ClN3O2S2. The lowest BCUT2D eigenvalue weighted by molar-refractivity contribution is 0.203. The van der Waals surface area contributed by atoms with Gasteiger partial charge in [0.1, 0.15) is 6.67 Å². The van der Waals surface area contributed by atoms with E-state index in [1.54, 1.807) is 11.3 Å². The second-order valence-electron chi connectivity index (χ2n) is 4.64. The summed E-state index contributed by atoms with van der Waals surface area (Å²) in [5.41, 5.74) is 0. The van der Waals surface area contributed by atoms with Crippen molar-refractivity contribution in [1.82, 2.24) is 14.7 Å². The van der Waals surface area contributed by atoms with E-state index < -0.39 is 5.76 Å². The SMILES string of the molecule is CCN(Cc1ccc(Cl)s1)Cn1nc(-c2cccs2)oc1=O. The standard InChI is InChI=1S/C14H14ClN3O2S2/c1-2-17(8-10-5-6-12(15)22-10)9-18-14(19)20-13(16-18)11-4-3-7-21-11/h3-7H,2,8-9H2,1H3. The van der Waals surface area contributed by atoms with Crippen LogP contribution >= 0.6 is 34.3 Å². The molecule has 0 aliphatic heterocycles. The molecule has 0 aromatic carbocycles. The minimum Gasteiger partial charge on any atom is -0.387 e. The fourth-order valence-electron chi connectivity index (χ4n) is 2.00. The molecule has 116 valence electrons. The summed E-state index contributed by atoms with van der Waals surface area (Å²) in [6.07, 6.45) is 0. The normalized spacial score (nSPS) is 11.4. The average molecular weight is 356 g/mol. The molecule has 0 unspecified atom stereocenters. The van der Waals surface area contributed by atoms with Crippen molar-refractivity contribution < 1.29 is 4.42 Å². The Morgan fingerprint density at radius 1 is 1.41 bits per heavy atom. The fraction of sp³-hybridized carbons (Fsp3) is 0.286. The predicted molar refractivity (Wildman–Crippen MR) is 89.5 cm³/mol. The molecule has 3 aromatic rings. The van der Waals surface area contributed by atoms with Gasteiger partial charge in [-0.05, 0) is 30.1 Å². The van der Waals surface area contributed by atoms with Crippen molar-refractivity contribution in [2.45, 2.75) is 20.1 Å². The largest absolute Gasteiger partial charge is 0.438 e. The summed E-state index contributed by atoms with van der Waals surface area (Å²) in [5.74, 6) is -0.0683. The maximum absolute atomic E-state index is 11.9. The molecule has 8 heteroatoms. The predicted octanol–water partition coefficient (Wildman–Crippen LogP) is 3.76. The van der Waals surface area contributed by atoms with E-state index in [4.69, 9.17) is 16.0 Å². The van der Waals surface area contributed by atoms with Gasteiger partial charge < -0.3 is 4.42 Å². The third-order valence-corrected chi connectivity index (χ3v) is 5.20. The van der Waals surface area contributed by atoms with E-state index in [1.807, 2.05) is 36.6 Å². The first-order valence-corrected chi connectivity index (χ1v) is 8.81. The van der Waals surface area contributed by atoms with E-state index in [2.05, 4.69) is 10.00 Å². The van der Waals surface area contributed by atoms with Gasteiger partial charge in [0.05, 0.1) is 9.21 Å². The molecule has 5 nitrogen and oxygen atoms in total. The monoisotopic (exact) mass is 355 g/mol. The van der Waals surface area contributed by atoms with Crippen molar-refractivity contribution in [2.24, 2.45) is 0 Å². The molecule has 0 aliphatic rings. The molecule has 0 atom stereocenters. The number of hydrogen-bond acceptors (Lipinski definition) is 6. The lowest BCUT2D eigenvalue weighted by atomic mass is 10.4. The number of nitrogens with zero attached hydrogens (tertiary/aromatic N) is 3. The summed E-state index contributed by atoms with van der Waals surface area (Å²) in [6, 6.07) is 7.66. The third-order valence-electron chi connectivity index (χ3n) is 3.13. The van der Waals surface area contributed by atoms with Crippen LogP contribution < -0.4 is 5.76 Å². The summed E-state index contributed by atoms with van der Waals surface area (Å²) in [5, 5.41) is 6.19. The maximum atomic E-state index is 11.9. The van der Waals surface area contributed by atoms with Crippen molar-refractivity contribution >= 4 is 34.3 Å². The van der Waals surface area contributed by atoms with Crippen LogP contribution in [0.1, 0.15) is 11.8 Å². The van der Waals surface area contributed by atoms with Crippen LogP contribution in [0.4, 0.5) is 0 Å². The van der Waals surface area contributed by atoms with E-state index in [-0.39, 0.29) is 0 Å². The summed E-state index contributed by atoms with van der Waals surface area (Å²) >= 11 is 8.99. The molecule has 0 aliphatic carbocycles. The van der Waals surface area contributed by atoms with Crippen LogP contribution in [-0.4, -0.2) is 21.2 Å². The first-order chi connectivity index (χ1) is 10.7. The van der Waals surface area contributed by atoms with Gasteiger partial charge in [0, 0.05) is 11.4 Å². The number of thiophene rings is 2. The molecule has 0 saturated carbocycles. The smallest absolute Gasteiger partial charge is 0.387 e. The molecule has 3 rings (SSSR count). The van der Waals surface area contributed by atoms with E-state index in [9.17, 15) is 4.79 Å². The van der Waals surface area contributed by atoms with Crippen LogP contribution in [0.3, 0.4) is 0 Å². The summed E-state index contributed by atoms with van der Waals surface area (Å²) in [4.78, 5) is 16.0. The Labute approximate surface area is 140 Å². The van der Waals surface area contributed by atoms with Crippen LogP contribution in [0, 0.1) is 0 Å². The van der Waals surface area contributed by atoms with E-state index >= 15 is 0 Å². The average Bonchev–Trinajstić information content (AvgIpc) is 3.21. The lowest BCUT2D eigenvalue weighted by Gasteiger charge is -2.18. The Hall–Kier alpha value is -1.41. The van der Waals surface area contributed by atoms with Gasteiger partial charge in [-0.15, -0.1) is 27.8 Å². The highest BCUT2D eigenvalue weighted by molar-refractivity contribution is 7.16. The molecule has 0 radical (unpaired) electrons. The summed E-state index contributed by atoms with van der Waals surface area (Å²) in [6.45, 7) is 3.95. The molecule has 3 aromatic heterocycles. The van der Waals surface area contributed by atoms with Gasteiger partial charge in [0.15, 0.2) is 0 Å². The summed E-state index contributed by atoms with van der Waals surface area (Å²) < 4.78 is 7.34. The van der Waals surface area contributed by atoms with Gasteiger partial charge in [-0.2, -0.15) is 4.68 Å². The van der Waals surface area contributed by atoms with Crippen LogP contribution in [0.15, 0.2) is 38.9 Å². The molecule has 0 fully saturated rings. The zero-order chi connectivity index (χ0) is 15.5. The van der Waals surface area contributed by atoms with E-state index in [0.29, 0.717) is 12.6 Å². The molecule has 0 N–H and O–H groups in total. The van der Waals surface area contributed by atoms with Crippen LogP contribution in [0.2, 0.25) is 4.34 Å². The van der Waals surface area contributed by atoms with Gasteiger partial charge in [-0.25, -0.2) is 4.79 Å². The zero-order valence-electron chi connectivity index (χ0n) is 11.9. The van der Waals surface area contributed by atoms with Crippen molar-refractivity contribution in [1.29, 1.82) is 0 Å². The first-order valence-electron chi connectivity index (χ1n) is 6.74. The van der Waals surface area contributed by atoms with Gasteiger partial charge in [0.2, 0.25) is 0 Å². The minimum atomic E-state index is -0.439. The molecule has 3 heterocycles. The minimum absolute atomic E-state index is 0.371. The molecule has 0 bridgehead atoms. The van der Waals surface area contributed by atoms with Crippen LogP contribution in [-0.2, 0) is 13.2 Å². The van der Waals surface area contributed by atoms with Crippen LogP contribution in [0.5, 0.6) is 0 Å². The number of rotatable bonds is 6. The molecule has 0 saturated heterocycles. The summed E-state index contributed by atoms with van der Waals surface area (Å²) in [7, 11) is 0. The number of aromatic nitrogens is 2. The Balaban J connectivity index is 1.75. The van der Waals surface area contributed by atoms with Gasteiger partial charge >= 0.3 is 5.76 Å². The molecular weight excluding hydrogens is 342 g/mol. The second-order valence-corrected chi connectivity index (χ2v) is 7.39. The Morgan fingerprint density at radius 2 is 2.27 bits per heavy atom. The van der Waals surface area contributed by atoms with Crippen molar-refractivity contribution in [2.75, 3.05) is 6.54 Å². The lowest BCUT2D eigenvalue weighted by Crippen LogP contribution is -2.30. The van der Waals surface area contributed by atoms with Gasteiger partial charge in [-0.1, -0.05) is 24.6 Å². The van der Waals surface area contributed by atoms with E-state index in [0.717, 1.165) is 27.2 Å². The fourth-order valence-corrected chi connectivity index (χ4v) is 3.78. The van der Waals surface area contributed by atoms with Crippen molar-refractivity contribution in [3.8, 4) is 10.8 Å². The first kappa shape index (κ1) is 15.5. The molecule has 22 heavy (non-hydrogen) atoms. The van der Waals surface area contributed by atoms with Crippen molar-refractivity contribution in [3.05, 3.63) is 49.4 Å². The topological polar surface area (TPSA) is 51.3 Å². The molecule has 0 spiro atoms. The third kappa shape index (κ3) is 3.49. The molecule has 0 amide bonds. The quantitative estimate of drug-likeness (QED) is 0.675. The highest BCUT2D eigenvalue weighted by atomic mass is 35.5. The highest BCUT2D eigenvalue weighted by Crippen LogP contribution is 2.23. The van der Waals surface area contributed by atoms with E-state index in [1.165, 1.54) is 16.0 Å². The zero-order valence-corrected chi connectivity index (χ0v) is 14.2. The van der Waals surface area contributed by atoms with Gasteiger partial charge in [0.25, 0.3) is 5.89 Å². The van der Waals surface area contributed by atoms with Gasteiger partial charge in [-0.3, -0.25) is 4.90 Å². The number of halogens is 1. The number of hydrogen-bond donors (Lipinski definition) is 0. The highest BCUT2D eigenvalue weighted by Gasteiger charge is 2.14. The Bertz CT molecular complexity index is 791.